The first-order chi connectivity index (χ1) is 9.04. The number of nitrogens with zero attached hydrogens (tertiary/aromatic N) is 1. The molecule has 0 fully saturated rings. The summed E-state index contributed by atoms with van der Waals surface area (Å²) < 4.78 is 63.2. The number of hydrogen-bond acceptors (Lipinski definition) is 6. The van der Waals surface area contributed by atoms with Crippen LogP contribution in [0.3, 0.4) is 0 Å². The first kappa shape index (κ1) is 22.5. The van der Waals surface area contributed by atoms with Crippen LogP contribution < -0.4 is 0 Å². The van der Waals surface area contributed by atoms with Crippen molar-refractivity contribution < 1.29 is 40.2 Å². The largest absolute Gasteiger partial charge is 0.505 e. The lowest BCUT2D eigenvalue weighted by atomic mass is 10.3. The van der Waals surface area contributed by atoms with E-state index in [1.165, 1.54) is 0 Å². The second-order valence-electron chi connectivity index (χ2n) is 3.15. The molecule has 0 spiro atoms. The van der Waals surface area contributed by atoms with Crippen LogP contribution in [0.1, 0.15) is 11.4 Å². The third kappa shape index (κ3) is 15.5. The number of aryl methyl sites for hydroxylation is 2. The van der Waals surface area contributed by atoms with E-state index in [1.54, 1.807) is 13.8 Å². The maximum atomic E-state index is 9.26. The van der Waals surface area contributed by atoms with E-state index in [1.807, 2.05) is 0 Å². The number of hydrogen-bond donors (Lipinski definition) is 5. The van der Waals surface area contributed by atoms with Crippen molar-refractivity contribution in [2.24, 2.45) is 0 Å². The van der Waals surface area contributed by atoms with Gasteiger partial charge in [0, 0.05) is 0 Å². The van der Waals surface area contributed by atoms with Crippen molar-refractivity contribution >= 4 is 44.0 Å². The number of pyridine rings is 1. The summed E-state index contributed by atoms with van der Waals surface area (Å²) in [6.07, 6.45) is 0. The smallest absolute Gasteiger partial charge is 0.394 e. The van der Waals surface area contributed by atoms with Crippen LogP contribution in [0.2, 0.25) is 10.0 Å². The molecule has 1 aromatic heterocycles. The monoisotopic (exact) mass is 387 g/mol. The number of aromatic nitrogens is 1. The molecular formula is C7H11Cl2NO9S2. The fourth-order valence-electron chi connectivity index (χ4n) is 0.789. The van der Waals surface area contributed by atoms with E-state index < -0.39 is 20.8 Å². The minimum absolute atomic E-state index is 0.0849. The van der Waals surface area contributed by atoms with Gasteiger partial charge in [-0.05, 0) is 13.8 Å². The van der Waals surface area contributed by atoms with Gasteiger partial charge in [-0.25, -0.2) is 0 Å². The Balaban J connectivity index is 0. The molecule has 0 aliphatic carbocycles. The molecule has 1 heterocycles. The fraction of sp³-hybridized carbons (Fsp3) is 0.286. The first-order valence-corrected chi connectivity index (χ1v) is 8.00. The molecule has 0 aromatic carbocycles. The highest BCUT2D eigenvalue weighted by Gasteiger charge is 2.10. The third-order valence-electron chi connectivity index (χ3n) is 1.39. The van der Waals surface area contributed by atoms with Gasteiger partial charge in [0.2, 0.25) is 0 Å². The quantitative estimate of drug-likeness (QED) is 0.407. The van der Waals surface area contributed by atoms with E-state index in [0.29, 0.717) is 11.4 Å². The highest BCUT2D eigenvalue weighted by Crippen LogP contribution is 2.34. The second-order valence-corrected chi connectivity index (χ2v) is 5.70. The van der Waals surface area contributed by atoms with Crippen LogP contribution in [0.25, 0.3) is 0 Å². The Morgan fingerprint density at radius 3 is 1.19 bits per heavy atom. The Hall–Kier alpha value is -0.730. The van der Waals surface area contributed by atoms with Crippen LogP contribution in [-0.2, 0) is 20.8 Å². The normalized spacial score (nSPS) is 10.9. The molecule has 0 atom stereocenters. The van der Waals surface area contributed by atoms with Crippen molar-refractivity contribution in [2.75, 3.05) is 0 Å². The van der Waals surface area contributed by atoms with Crippen molar-refractivity contribution in [1.29, 1.82) is 0 Å². The average molecular weight is 388 g/mol. The molecule has 0 radical (unpaired) electrons. The Morgan fingerprint density at radius 2 is 1.00 bits per heavy atom. The van der Waals surface area contributed by atoms with Crippen LogP contribution >= 0.6 is 23.2 Å². The lowest BCUT2D eigenvalue weighted by Crippen LogP contribution is -1.89. The molecule has 0 bridgehead atoms. The predicted octanol–water partition coefficient (Wildman–Crippen LogP) is 1.41. The Kier molecular flexibility index (Phi) is 9.29. The summed E-state index contributed by atoms with van der Waals surface area (Å²) in [7, 11) is -9.33. The molecule has 14 heteroatoms. The van der Waals surface area contributed by atoms with E-state index >= 15 is 0 Å². The molecular weight excluding hydrogens is 377 g/mol. The van der Waals surface area contributed by atoms with Crippen LogP contribution in [0.5, 0.6) is 5.75 Å². The lowest BCUT2D eigenvalue weighted by molar-refractivity contribution is 0.378. The standard InChI is InChI=1S/C7H7Cl2NO.2H2O4S/c1-3-5(8)7(11)6(9)4(2)10-3;2*1-5(2,3)4/h1-2H3,(H,10,11);2*(H2,1,2,3,4). The van der Waals surface area contributed by atoms with Crippen LogP contribution in [-0.4, -0.2) is 45.1 Å². The molecule has 0 unspecified atom stereocenters. The second kappa shape index (κ2) is 8.65. The van der Waals surface area contributed by atoms with Gasteiger partial charge in [-0.2, -0.15) is 16.8 Å². The minimum Gasteiger partial charge on any atom is -0.505 e. The van der Waals surface area contributed by atoms with Gasteiger partial charge < -0.3 is 5.11 Å². The molecule has 5 N–H and O–H groups in total. The summed E-state index contributed by atoms with van der Waals surface area (Å²) in [6, 6.07) is 0. The number of halogens is 2. The molecule has 0 amide bonds. The summed E-state index contributed by atoms with van der Waals surface area (Å²) >= 11 is 11.3. The molecule has 10 nitrogen and oxygen atoms in total. The highest BCUT2D eigenvalue weighted by molar-refractivity contribution is 7.80. The van der Waals surface area contributed by atoms with E-state index in [9.17, 15) is 5.11 Å². The molecule has 0 aliphatic rings. The third-order valence-corrected chi connectivity index (χ3v) is 2.29. The van der Waals surface area contributed by atoms with E-state index in [2.05, 4.69) is 4.98 Å². The summed E-state index contributed by atoms with van der Waals surface area (Å²) in [5, 5.41) is 9.71. The zero-order valence-electron chi connectivity index (χ0n) is 10.4. The number of rotatable bonds is 0. The molecule has 1 aromatic rings. The van der Waals surface area contributed by atoms with Crippen molar-refractivity contribution in [3.8, 4) is 5.75 Å². The van der Waals surface area contributed by atoms with Gasteiger partial charge in [-0.15, -0.1) is 0 Å². The summed E-state index contributed by atoms with van der Waals surface area (Å²) in [5.74, 6) is -0.0849. The molecule has 124 valence electrons. The number of aromatic hydroxyl groups is 1. The Labute approximate surface area is 130 Å². The van der Waals surface area contributed by atoms with Gasteiger partial charge in [-0.3, -0.25) is 23.2 Å². The fourth-order valence-corrected chi connectivity index (χ4v) is 1.11. The van der Waals surface area contributed by atoms with E-state index in [0.717, 1.165) is 0 Å². The van der Waals surface area contributed by atoms with Crippen molar-refractivity contribution in [3.05, 3.63) is 21.4 Å². The van der Waals surface area contributed by atoms with Crippen LogP contribution in [0, 0.1) is 13.8 Å². The summed E-state index contributed by atoms with van der Waals surface area (Å²) in [6.45, 7) is 3.43. The van der Waals surface area contributed by atoms with Gasteiger partial charge in [-0.1, -0.05) is 23.2 Å². The van der Waals surface area contributed by atoms with Gasteiger partial charge >= 0.3 is 20.8 Å². The zero-order chi connectivity index (χ0) is 17.6. The molecule has 0 saturated carbocycles. The van der Waals surface area contributed by atoms with Crippen molar-refractivity contribution in [1.82, 2.24) is 4.98 Å². The topological polar surface area (TPSA) is 182 Å². The molecule has 0 aliphatic heterocycles. The SMILES string of the molecule is Cc1nc(C)c(Cl)c(O)c1Cl.O=S(=O)(O)O.O=S(=O)(O)O. The van der Waals surface area contributed by atoms with Crippen molar-refractivity contribution in [3.63, 3.8) is 0 Å². The van der Waals surface area contributed by atoms with Gasteiger partial charge in [0.1, 0.15) is 10.0 Å². The maximum Gasteiger partial charge on any atom is 0.394 e. The van der Waals surface area contributed by atoms with Gasteiger partial charge in [0.25, 0.3) is 0 Å². The van der Waals surface area contributed by atoms with Crippen LogP contribution in [0.4, 0.5) is 0 Å². The Bertz CT molecular complexity index is 614. The van der Waals surface area contributed by atoms with Gasteiger partial charge in [0.15, 0.2) is 5.75 Å². The van der Waals surface area contributed by atoms with Crippen molar-refractivity contribution in [2.45, 2.75) is 13.8 Å². The predicted molar refractivity (Wildman–Crippen MR) is 73.8 cm³/mol. The first-order valence-electron chi connectivity index (χ1n) is 4.45. The van der Waals surface area contributed by atoms with E-state index in [4.69, 9.17) is 58.2 Å². The lowest BCUT2D eigenvalue weighted by Gasteiger charge is -2.04. The average Bonchev–Trinajstić information content (AvgIpc) is 2.19. The maximum absolute atomic E-state index is 9.26. The van der Waals surface area contributed by atoms with Crippen LogP contribution in [0.15, 0.2) is 0 Å². The van der Waals surface area contributed by atoms with E-state index in [-0.39, 0.29) is 15.8 Å². The Morgan fingerprint density at radius 1 is 0.810 bits per heavy atom. The summed E-state index contributed by atoms with van der Waals surface area (Å²) in [4.78, 5) is 4.01. The molecule has 21 heavy (non-hydrogen) atoms. The van der Waals surface area contributed by atoms with Gasteiger partial charge in [0.05, 0.1) is 11.4 Å². The molecule has 0 saturated heterocycles. The summed E-state index contributed by atoms with van der Waals surface area (Å²) in [5.41, 5.74) is 1.18. The highest BCUT2D eigenvalue weighted by atomic mass is 35.5. The zero-order valence-corrected chi connectivity index (χ0v) is 13.5. The molecule has 1 rings (SSSR count). The minimum atomic E-state index is -4.67.